The summed E-state index contributed by atoms with van der Waals surface area (Å²) in [6.45, 7) is 5.99. The van der Waals surface area contributed by atoms with Crippen LogP contribution in [0.5, 0.6) is 5.75 Å². The summed E-state index contributed by atoms with van der Waals surface area (Å²) in [4.78, 5) is 2.27. The minimum atomic E-state index is 0.343. The molecule has 0 unspecified atom stereocenters. The van der Waals surface area contributed by atoms with Crippen LogP contribution in [0.25, 0.3) is 10.8 Å². The molecule has 0 atom stereocenters. The van der Waals surface area contributed by atoms with E-state index in [1.165, 1.54) is 0 Å². The van der Waals surface area contributed by atoms with Crippen LogP contribution < -0.4 is 0 Å². The molecule has 1 saturated heterocycles. The van der Waals surface area contributed by atoms with Crippen LogP contribution in [0, 0.1) is 0 Å². The number of hydrogen-bond donors (Lipinski definition) is 1. The Kier molecular flexibility index (Phi) is 6.43. The topological polar surface area (TPSA) is 51.2 Å². The minimum absolute atomic E-state index is 0.343. The molecule has 130 valence electrons. The van der Waals surface area contributed by atoms with Gasteiger partial charge in [-0.25, -0.2) is 0 Å². The summed E-state index contributed by atoms with van der Waals surface area (Å²) < 4.78 is 16.6. The highest BCUT2D eigenvalue weighted by molar-refractivity contribution is 5.87. The lowest BCUT2D eigenvalue weighted by Gasteiger charge is -2.24. The quantitative estimate of drug-likeness (QED) is 0.916. The highest BCUT2D eigenvalue weighted by Crippen LogP contribution is 2.28. The van der Waals surface area contributed by atoms with Crippen LogP contribution in [-0.2, 0) is 20.8 Å². The highest BCUT2D eigenvalue weighted by atomic mass is 16.5. The molecule has 0 saturated carbocycles. The van der Waals surface area contributed by atoms with Crippen molar-refractivity contribution in [3.05, 3.63) is 42.0 Å². The SMILES string of the molecule is Oc1ccc2ccccc2c1CN1CCOCCOCCOCC1. The van der Waals surface area contributed by atoms with Crippen LogP contribution in [0.4, 0.5) is 0 Å². The first-order chi connectivity index (χ1) is 11.8. The van der Waals surface area contributed by atoms with E-state index in [2.05, 4.69) is 17.0 Å². The van der Waals surface area contributed by atoms with E-state index in [0.717, 1.165) is 29.4 Å². The van der Waals surface area contributed by atoms with Crippen molar-refractivity contribution >= 4 is 10.8 Å². The number of nitrogens with zero attached hydrogens (tertiary/aromatic N) is 1. The Balaban J connectivity index is 1.73. The lowest BCUT2D eigenvalue weighted by atomic mass is 10.0. The van der Waals surface area contributed by atoms with E-state index in [4.69, 9.17) is 14.2 Å². The standard InChI is InChI=1S/C19H25NO4/c21-19-6-5-16-3-1-2-4-17(16)18(19)15-20-7-9-22-11-13-24-14-12-23-10-8-20/h1-6,21H,7-15H2. The van der Waals surface area contributed by atoms with Gasteiger partial charge in [-0.05, 0) is 16.8 Å². The maximum absolute atomic E-state index is 10.3. The average Bonchev–Trinajstić information content (AvgIpc) is 2.59. The Morgan fingerprint density at radius 1 is 0.792 bits per heavy atom. The Morgan fingerprint density at radius 2 is 1.42 bits per heavy atom. The van der Waals surface area contributed by atoms with Gasteiger partial charge in [0.1, 0.15) is 5.75 Å². The molecule has 1 aliphatic heterocycles. The molecule has 0 aliphatic carbocycles. The fraction of sp³-hybridized carbons (Fsp3) is 0.474. The Morgan fingerprint density at radius 3 is 2.12 bits per heavy atom. The zero-order valence-corrected chi connectivity index (χ0v) is 13.9. The van der Waals surface area contributed by atoms with Gasteiger partial charge in [0.05, 0.1) is 39.6 Å². The highest BCUT2D eigenvalue weighted by Gasteiger charge is 2.13. The van der Waals surface area contributed by atoms with Crippen molar-refractivity contribution in [3.8, 4) is 5.75 Å². The molecular weight excluding hydrogens is 306 g/mol. The number of rotatable bonds is 2. The molecule has 5 heteroatoms. The van der Waals surface area contributed by atoms with Gasteiger partial charge in [-0.2, -0.15) is 0 Å². The molecule has 1 heterocycles. The smallest absolute Gasteiger partial charge is 0.120 e. The van der Waals surface area contributed by atoms with E-state index in [1.807, 2.05) is 18.2 Å². The predicted molar refractivity (Wildman–Crippen MR) is 93.3 cm³/mol. The summed E-state index contributed by atoms with van der Waals surface area (Å²) in [6, 6.07) is 11.9. The first-order valence-corrected chi connectivity index (χ1v) is 8.50. The zero-order valence-electron chi connectivity index (χ0n) is 13.9. The van der Waals surface area contributed by atoms with Crippen LogP contribution in [0.2, 0.25) is 0 Å². The molecule has 24 heavy (non-hydrogen) atoms. The van der Waals surface area contributed by atoms with Crippen LogP contribution in [0.15, 0.2) is 36.4 Å². The van der Waals surface area contributed by atoms with Gasteiger partial charge in [0.25, 0.3) is 0 Å². The number of aromatic hydroxyl groups is 1. The van der Waals surface area contributed by atoms with E-state index in [1.54, 1.807) is 6.07 Å². The van der Waals surface area contributed by atoms with Crippen LogP contribution in [0.3, 0.4) is 0 Å². The van der Waals surface area contributed by atoms with Gasteiger partial charge in [-0.15, -0.1) is 0 Å². The largest absolute Gasteiger partial charge is 0.508 e. The van der Waals surface area contributed by atoms with E-state index in [0.29, 0.717) is 51.9 Å². The van der Waals surface area contributed by atoms with Crippen molar-refractivity contribution in [2.75, 3.05) is 52.7 Å². The number of benzene rings is 2. The lowest BCUT2D eigenvalue weighted by Crippen LogP contribution is -2.32. The Hall–Kier alpha value is -1.66. The number of phenolic OH excluding ortho intramolecular Hbond substituents is 1. The molecule has 1 fully saturated rings. The molecule has 0 radical (unpaired) electrons. The fourth-order valence-electron chi connectivity index (χ4n) is 2.91. The minimum Gasteiger partial charge on any atom is -0.508 e. The van der Waals surface area contributed by atoms with Crippen LogP contribution >= 0.6 is 0 Å². The second-order valence-corrected chi connectivity index (χ2v) is 5.90. The summed E-state index contributed by atoms with van der Waals surface area (Å²) in [5.74, 6) is 0.343. The fourth-order valence-corrected chi connectivity index (χ4v) is 2.91. The van der Waals surface area contributed by atoms with Crippen molar-refractivity contribution < 1.29 is 19.3 Å². The van der Waals surface area contributed by atoms with Crippen molar-refractivity contribution in [1.29, 1.82) is 0 Å². The Bertz CT molecular complexity index is 634. The molecule has 3 rings (SSSR count). The van der Waals surface area contributed by atoms with Crippen molar-refractivity contribution in [3.63, 3.8) is 0 Å². The third-order valence-electron chi connectivity index (χ3n) is 4.25. The summed E-state index contributed by atoms with van der Waals surface area (Å²) in [6.07, 6.45) is 0. The summed E-state index contributed by atoms with van der Waals surface area (Å²) >= 11 is 0. The Labute approximate surface area is 142 Å². The van der Waals surface area contributed by atoms with Crippen LogP contribution in [0.1, 0.15) is 5.56 Å². The van der Waals surface area contributed by atoms with Gasteiger partial charge in [0.2, 0.25) is 0 Å². The van der Waals surface area contributed by atoms with Crippen molar-refractivity contribution in [2.24, 2.45) is 0 Å². The first kappa shape index (κ1) is 17.2. The lowest BCUT2D eigenvalue weighted by molar-refractivity contribution is -0.00691. The molecular formula is C19H25NO4. The van der Waals surface area contributed by atoms with Gasteiger partial charge in [0, 0.05) is 25.2 Å². The third kappa shape index (κ3) is 4.68. The van der Waals surface area contributed by atoms with Gasteiger partial charge in [-0.1, -0.05) is 30.3 Å². The monoisotopic (exact) mass is 331 g/mol. The number of ether oxygens (including phenoxy) is 3. The maximum atomic E-state index is 10.3. The van der Waals surface area contributed by atoms with E-state index >= 15 is 0 Å². The molecule has 0 spiro atoms. The predicted octanol–water partition coefficient (Wildman–Crippen LogP) is 2.41. The summed E-state index contributed by atoms with van der Waals surface area (Å²) in [5, 5.41) is 12.6. The second-order valence-electron chi connectivity index (χ2n) is 5.90. The summed E-state index contributed by atoms with van der Waals surface area (Å²) in [5.41, 5.74) is 0.962. The van der Waals surface area contributed by atoms with Crippen molar-refractivity contribution in [1.82, 2.24) is 4.90 Å². The molecule has 2 aromatic carbocycles. The van der Waals surface area contributed by atoms with Gasteiger partial charge >= 0.3 is 0 Å². The molecule has 5 nitrogen and oxygen atoms in total. The number of phenols is 1. The normalized spacial score (nSPS) is 18.8. The van der Waals surface area contributed by atoms with Gasteiger partial charge in [0.15, 0.2) is 0 Å². The molecule has 0 aromatic heterocycles. The van der Waals surface area contributed by atoms with E-state index in [-0.39, 0.29) is 0 Å². The maximum Gasteiger partial charge on any atom is 0.120 e. The van der Waals surface area contributed by atoms with E-state index in [9.17, 15) is 5.11 Å². The third-order valence-corrected chi connectivity index (χ3v) is 4.25. The first-order valence-electron chi connectivity index (χ1n) is 8.50. The molecule has 0 bridgehead atoms. The van der Waals surface area contributed by atoms with Crippen LogP contribution in [-0.4, -0.2) is 62.7 Å². The zero-order chi connectivity index (χ0) is 16.6. The number of hydrogen-bond acceptors (Lipinski definition) is 5. The molecule has 2 aromatic rings. The second kappa shape index (κ2) is 8.99. The molecule has 1 aliphatic rings. The summed E-state index contributed by atoms with van der Waals surface area (Å²) in [7, 11) is 0. The molecule has 0 amide bonds. The van der Waals surface area contributed by atoms with Gasteiger partial charge in [-0.3, -0.25) is 4.90 Å². The van der Waals surface area contributed by atoms with E-state index < -0.39 is 0 Å². The average molecular weight is 331 g/mol. The van der Waals surface area contributed by atoms with Crippen molar-refractivity contribution in [2.45, 2.75) is 6.54 Å². The van der Waals surface area contributed by atoms with Gasteiger partial charge < -0.3 is 19.3 Å². The molecule has 1 N–H and O–H groups in total. The number of fused-ring (bicyclic) bond motifs is 1.